The Balaban J connectivity index is 2.07. The van der Waals surface area contributed by atoms with E-state index >= 15 is 0 Å². The first-order chi connectivity index (χ1) is 9.74. The number of hydrogen-bond donors (Lipinski definition) is 2. The largest absolute Gasteiger partial charge is 0.383 e. The van der Waals surface area contributed by atoms with Crippen LogP contribution in [0.5, 0.6) is 0 Å². The number of carbonyl (C=O) groups is 1. The lowest BCUT2D eigenvalue weighted by Crippen LogP contribution is -2.43. The molecule has 0 aliphatic rings. The fourth-order valence-electron chi connectivity index (χ4n) is 1.80. The van der Waals surface area contributed by atoms with Crippen LogP contribution in [-0.4, -0.2) is 42.0 Å². The lowest BCUT2D eigenvalue weighted by molar-refractivity contribution is 0.0900. The van der Waals surface area contributed by atoms with E-state index in [1.165, 1.54) is 6.20 Å². The monoisotopic (exact) mass is 274 g/mol. The summed E-state index contributed by atoms with van der Waals surface area (Å²) < 4.78 is 6.65. The third kappa shape index (κ3) is 3.43. The summed E-state index contributed by atoms with van der Waals surface area (Å²) in [6.45, 7) is 0.710. The van der Waals surface area contributed by atoms with Gasteiger partial charge in [-0.05, 0) is 12.1 Å². The van der Waals surface area contributed by atoms with Gasteiger partial charge in [0, 0.05) is 19.9 Å². The summed E-state index contributed by atoms with van der Waals surface area (Å²) in [5.41, 5.74) is 6.96. The summed E-state index contributed by atoms with van der Waals surface area (Å²) >= 11 is 0. The summed E-state index contributed by atoms with van der Waals surface area (Å²) in [5, 5.41) is 6.99. The summed E-state index contributed by atoms with van der Waals surface area (Å²) in [5.74, 6) is -0.209. The van der Waals surface area contributed by atoms with E-state index in [1.54, 1.807) is 18.0 Å². The molecule has 0 saturated heterocycles. The maximum absolute atomic E-state index is 12.1. The van der Waals surface area contributed by atoms with Crippen LogP contribution in [0.3, 0.4) is 0 Å². The number of carbonyl (C=O) groups excluding carboxylic acids is 1. The quantitative estimate of drug-likeness (QED) is 0.807. The van der Waals surface area contributed by atoms with Gasteiger partial charge in [0.15, 0.2) is 0 Å². The van der Waals surface area contributed by atoms with Crippen molar-refractivity contribution in [3.05, 3.63) is 48.3 Å². The van der Waals surface area contributed by atoms with Crippen molar-refractivity contribution in [3.63, 3.8) is 0 Å². The second kappa shape index (κ2) is 6.83. The molecule has 0 saturated carbocycles. The summed E-state index contributed by atoms with van der Waals surface area (Å²) in [4.78, 5) is 12.1. The van der Waals surface area contributed by atoms with Crippen molar-refractivity contribution in [3.8, 4) is 5.69 Å². The molecule has 0 aliphatic carbocycles. The van der Waals surface area contributed by atoms with Crippen LogP contribution in [0.4, 0.5) is 0 Å². The number of hydrogen-bond acceptors (Lipinski definition) is 4. The second-order valence-electron chi connectivity index (χ2n) is 4.37. The van der Waals surface area contributed by atoms with E-state index in [0.29, 0.717) is 18.7 Å². The number of rotatable bonds is 6. The van der Waals surface area contributed by atoms with Gasteiger partial charge < -0.3 is 15.8 Å². The lowest BCUT2D eigenvalue weighted by atomic mass is 10.2. The molecule has 0 spiro atoms. The number of benzene rings is 1. The fourth-order valence-corrected chi connectivity index (χ4v) is 1.80. The number of nitrogens with one attached hydrogen (secondary N) is 1. The molecule has 1 aromatic carbocycles. The minimum Gasteiger partial charge on any atom is -0.383 e. The highest BCUT2D eigenvalue weighted by Crippen LogP contribution is 2.07. The van der Waals surface area contributed by atoms with Crippen molar-refractivity contribution in [2.45, 2.75) is 6.04 Å². The Bertz CT molecular complexity index is 553. The van der Waals surface area contributed by atoms with Crippen LogP contribution in [0.15, 0.2) is 42.7 Å². The van der Waals surface area contributed by atoms with Gasteiger partial charge in [-0.25, -0.2) is 4.68 Å². The van der Waals surface area contributed by atoms with Gasteiger partial charge in [-0.1, -0.05) is 18.2 Å². The predicted molar refractivity (Wildman–Crippen MR) is 75.7 cm³/mol. The van der Waals surface area contributed by atoms with Gasteiger partial charge in [0.25, 0.3) is 5.91 Å². The first-order valence-electron chi connectivity index (χ1n) is 6.34. The van der Waals surface area contributed by atoms with Crippen molar-refractivity contribution < 1.29 is 9.53 Å². The number of ether oxygens (including phenoxy) is 1. The maximum Gasteiger partial charge on any atom is 0.254 e. The van der Waals surface area contributed by atoms with E-state index < -0.39 is 0 Å². The molecule has 20 heavy (non-hydrogen) atoms. The lowest BCUT2D eigenvalue weighted by Gasteiger charge is -2.14. The number of nitrogens with zero attached hydrogens (tertiary/aromatic N) is 2. The van der Waals surface area contributed by atoms with Crippen LogP contribution < -0.4 is 11.1 Å². The molecule has 1 heterocycles. The molecule has 0 radical (unpaired) electrons. The zero-order valence-electron chi connectivity index (χ0n) is 11.3. The average molecular weight is 274 g/mol. The van der Waals surface area contributed by atoms with Gasteiger partial charge in [-0.3, -0.25) is 4.79 Å². The maximum atomic E-state index is 12.1. The highest BCUT2D eigenvalue weighted by Gasteiger charge is 2.14. The highest BCUT2D eigenvalue weighted by atomic mass is 16.5. The molecule has 2 aromatic rings. The molecule has 0 fully saturated rings. The molecule has 1 atom stereocenters. The number of methoxy groups -OCH3 is 1. The second-order valence-corrected chi connectivity index (χ2v) is 4.37. The zero-order valence-corrected chi connectivity index (χ0v) is 11.3. The SMILES string of the molecule is COCC(CN)NC(=O)c1cnn(-c2ccccc2)c1. The molecule has 2 rings (SSSR count). The zero-order chi connectivity index (χ0) is 14.4. The highest BCUT2D eigenvalue weighted by molar-refractivity contribution is 5.94. The first-order valence-corrected chi connectivity index (χ1v) is 6.34. The van der Waals surface area contributed by atoms with Crippen molar-refractivity contribution in [1.29, 1.82) is 0 Å². The summed E-state index contributed by atoms with van der Waals surface area (Å²) in [6.07, 6.45) is 3.22. The van der Waals surface area contributed by atoms with Crippen LogP contribution >= 0.6 is 0 Å². The molecule has 3 N–H and O–H groups in total. The van der Waals surface area contributed by atoms with E-state index in [0.717, 1.165) is 5.69 Å². The van der Waals surface area contributed by atoms with Gasteiger partial charge in [-0.15, -0.1) is 0 Å². The number of amides is 1. The Morgan fingerprint density at radius 2 is 2.20 bits per heavy atom. The summed E-state index contributed by atoms with van der Waals surface area (Å²) in [6, 6.07) is 9.40. The van der Waals surface area contributed by atoms with Crippen LogP contribution in [0.1, 0.15) is 10.4 Å². The van der Waals surface area contributed by atoms with Gasteiger partial charge in [0.1, 0.15) is 0 Å². The third-order valence-electron chi connectivity index (χ3n) is 2.85. The van der Waals surface area contributed by atoms with Crippen molar-refractivity contribution in [1.82, 2.24) is 15.1 Å². The van der Waals surface area contributed by atoms with Gasteiger partial charge in [0.05, 0.1) is 30.1 Å². The standard InChI is InChI=1S/C14H18N4O2/c1-20-10-12(7-15)17-14(19)11-8-16-18(9-11)13-5-3-2-4-6-13/h2-6,8-9,12H,7,10,15H2,1H3,(H,17,19). The van der Waals surface area contributed by atoms with E-state index in [-0.39, 0.29) is 11.9 Å². The number of para-hydroxylation sites is 1. The van der Waals surface area contributed by atoms with E-state index in [9.17, 15) is 4.79 Å². The Kier molecular flexibility index (Phi) is 4.86. The van der Waals surface area contributed by atoms with Crippen LogP contribution in [-0.2, 0) is 4.74 Å². The average Bonchev–Trinajstić information content (AvgIpc) is 2.97. The number of nitrogens with two attached hydrogens (primary N) is 1. The van der Waals surface area contributed by atoms with Gasteiger partial charge in [-0.2, -0.15) is 5.10 Å². The molecule has 1 aromatic heterocycles. The first kappa shape index (κ1) is 14.2. The van der Waals surface area contributed by atoms with E-state index in [2.05, 4.69) is 10.4 Å². The molecule has 0 aliphatic heterocycles. The normalized spacial score (nSPS) is 12.1. The Labute approximate surface area is 117 Å². The molecular weight excluding hydrogens is 256 g/mol. The van der Waals surface area contributed by atoms with Gasteiger partial charge >= 0.3 is 0 Å². The fraction of sp³-hybridized carbons (Fsp3) is 0.286. The van der Waals surface area contributed by atoms with Crippen molar-refractivity contribution in [2.75, 3.05) is 20.3 Å². The van der Waals surface area contributed by atoms with Crippen LogP contribution in [0, 0.1) is 0 Å². The Hall–Kier alpha value is -2.18. The Morgan fingerprint density at radius 1 is 1.45 bits per heavy atom. The van der Waals surface area contributed by atoms with Gasteiger partial charge in [0.2, 0.25) is 0 Å². The molecule has 106 valence electrons. The molecular formula is C14H18N4O2. The molecule has 6 heteroatoms. The van der Waals surface area contributed by atoms with Crippen molar-refractivity contribution in [2.24, 2.45) is 5.73 Å². The Morgan fingerprint density at radius 3 is 2.85 bits per heavy atom. The third-order valence-corrected chi connectivity index (χ3v) is 2.85. The molecule has 0 bridgehead atoms. The van der Waals surface area contributed by atoms with Crippen LogP contribution in [0.25, 0.3) is 5.69 Å². The molecule has 1 amide bonds. The smallest absolute Gasteiger partial charge is 0.254 e. The van der Waals surface area contributed by atoms with E-state index in [1.807, 2.05) is 30.3 Å². The predicted octanol–water partition coefficient (Wildman–Crippen LogP) is 0.576. The topological polar surface area (TPSA) is 82.2 Å². The van der Waals surface area contributed by atoms with Crippen molar-refractivity contribution >= 4 is 5.91 Å². The summed E-state index contributed by atoms with van der Waals surface area (Å²) in [7, 11) is 1.57. The number of aromatic nitrogens is 2. The minimum absolute atomic E-state index is 0.201. The van der Waals surface area contributed by atoms with Crippen LogP contribution in [0.2, 0.25) is 0 Å². The molecule has 6 nitrogen and oxygen atoms in total. The van der Waals surface area contributed by atoms with E-state index in [4.69, 9.17) is 10.5 Å². The minimum atomic E-state index is -0.209. The molecule has 1 unspecified atom stereocenters.